The summed E-state index contributed by atoms with van der Waals surface area (Å²) in [6.45, 7) is 2.43. The third-order valence-corrected chi connectivity index (χ3v) is 1.27. The van der Waals surface area contributed by atoms with E-state index in [-0.39, 0.29) is 5.57 Å². The van der Waals surface area contributed by atoms with Crippen LogP contribution < -0.4 is 16.4 Å². The molecule has 0 fully saturated rings. The lowest BCUT2D eigenvalue weighted by atomic mass is 10.3. The van der Waals surface area contributed by atoms with Gasteiger partial charge in [0, 0.05) is 12.7 Å². The fourth-order valence-corrected chi connectivity index (χ4v) is 0.586. The maximum absolute atomic E-state index is 10.9. The second kappa shape index (κ2) is 6.48. The van der Waals surface area contributed by atoms with Crippen molar-refractivity contribution < 1.29 is 9.59 Å². The van der Waals surface area contributed by atoms with Crippen molar-refractivity contribution in [1.82, 2.24) is 10.6 Å². The summed E-state index contributed by atoms with van der Waals surface area (Å²) in [5.41, 5.74) is 4.54. The van der Waals surface area contributed by atoms with Crippen LogP contribution in [-0.2, 0) is 4.79 Å². The monoisotopic (exact) mass is 196 g/mol. The van der Waals surface area contributed by atoms with E-state index in [9.17, 15) is 9.59 Å². The highest BCUT2D eigenvalue weighted by Gasteiger charge is 2.03. The van der Waals surface area contributed by atoms with Crippen molar-refractivity contribution >= 4 is 11.9 Å². The molecular formula is C8H12N4O2. The van der Waals surface area contributed by atoms with Crippen molar-refractivity contribution in [3.05, 3.63) is 11.8 Å². The number of carbonyl (C=O) groups is 2. The number of amides is 3. The van der Waals surface area contributed by atoms with Crippen molar-refractivity contribution in [2.45, 2.75) is 13.3 Å². The van der Waals surface area contributed by atoms with E-state index in [0.29, 0.717) is 6.54 Å². The number of hydrogen-bond donors (Lipinski definition) is 3. The Hall–Kier alpha value is -2.03. The molecule has 0 bridgehead atoms. The number of rotatable bonds is 4. The Labute approximate surface area is 81.8 Å². The van der Waals surface area contributed by atoms with Crippen LogP contribution in [0.4, 0.5) is 4.79 Å². The van der Waals surface area contributed by atoms with Gasteiger partial charge in [-0.1, -0.05) is 6.92 Å². The molecule has 0 unspecified atom stereocenters. The number of nitrogens with zero attached hydrogens (tertiary/aromatic N) is 1. The van der Waals surface area contributed by atoms with Crippen LogP contribution in [0.25, 0.3) is 0 Å². The Morgan fingerprint density at radius 2 is 2.21 bits per heavy atom. The number of nitrogens with two attached hydrogens (primary N) is 1. The van der Waals surface area contributed by atoms with Gasteiger partial charge >= 0.3 is 6.03 Å². The van der Waals surface area contributed by atoms with Gasteiger partial charge in [0.2, 0.25) is 0 Å². The molecule has 0 saturated heterocycles. The van der Waals surface area contributed by atoms with Crippen LogP contribution in [0.5, 0.6) is 0 Å². The van der Waals surface area contributed by atoms with Crippen molar-refractivity contribution in [3.63, 3.8) is 0 Å². The van der Waals surface area contributed by atoms with E-state index in [2.05, 4.69) is 10.6 Å². The van der Waals surface area contributed by atoms with Gasteiger partial charge in [-0.15, -0.1) is 0 Å². The second-order valence-electron chi connectivity index (χ2n) is 2.43. The second-order valence-corrected chi connectivity index (χ2v) is 2.43. The lowest BCUT2D eigenvalue weighted by molar-refractivity contribution is -0.114. The third-order valence-electron chi connectivity index (χ3n) is 1.27. The van der Waals surface area contributed by atoms with Gasteiger partial charge in [-0.2, -0.15) is 5.26 Å². The molecule has 6 nitrogen and oxygen atoms in total. The number of primary amides is 1. The quantitative estimate of drug-likeness (QED) is 0.420. The molecule has 0 radical (unpaired) electrons. The van der Waals surface area contributed by atoms with E-state index in [1.165, 1.54) is 0 Å². The summed E-state index contributed by atoms with van der Waals surface area (Å²) < 4.78 is 0. The smallest absolute Gasteiger partial charge is 0.318 e. The van der Waals surface area contributed by atoms with Crippen LogP contribution in [0.1, 0.15) is 13.3 Å². The van der Waals surface area contributed by atoms with Crippen LogP contribution >= 0.6 is 0 Å². The summed E-state index contributed by atoms with van der Waals surface area (Å²) in [5.74, 6) is -0.872. The Balaban J connectivity index is 4.07. The zero-order valence-electron chi connectivity index (χ0n) is 7.83. The number of hydrogen-bond acceptors (Lipinski definition) is 3. The predicted molar refractivity (Wildman–Crippen MR) is 49.7 cm³/mol. The van der Waals surface area contributed by atoms with E-state index in [4.69, 9.17) is 11.0 Å². The average Bonchev–Trinajstić information content (AvgIpc) is 2.15. The molecule has 0 saturated carbocycles. The number of nitrogens with one attached hydrogen (secondary N) is 2. The van der Waals surface area contributed by atoms with E-state index < -0.39 is 11.9 Å². The molecule has 4 N–H and O–H groups in total. The molecule has 0 aromatic heterocycles. The summed E-state index contributed by atoms with van der Waals surface area (Å²) in [4.78, 5) is 21.4. The molecule has 0 spiro atoms. The van der Waals surface area contributed by atoms with E-state index >= 15 is 0 Å². The van der Waals surface area contributed by atoms with Crippen LogP contribution in [0.3, 0.4) is 0 Å². The van der Waals surface area contributed by atoms with E-state index in [0.717, 1.165) is 12.6 Å². The standard InChI is InChI=1S/C8H12N4O2/c1-2-3-11-8(14)12-5-6(4-9)7(10)13/h5H,2-3H2,1H3,(H2,10,13)(H2,11,12,14)/b6-5-. The molecule has 76 valence electrons. The highest BCUT2D eigenvalue weighted by molar-refractivity contribution is 5.96. The summed E-state index contributed by atoms with van der Waals surface area (Å²) in [6, 6.07) is 1.09. The first-order valence-electron chi connectivity index (χ1n) is 4.06. The molecule has 0 aromatic carbocycles. The topological polar surface area (TPSA) is 108 Å². The van der Waals surface area contributed by atoms with Crippen LogP contribution in [0.15, 0.2) is 11.8 Å². The predicted octanol–water partition coefficient (Wildman–Crippen LogP) is -0.412. The summed E-state index contributed by atoms with van der Waals surface area (Å²) in [5, 5.41) is 13.1. The zero-order valence-corrected chi connectivity index (χ0v) is 7.83. The maximum Gasteiger partial charge on any atom is 0.318 e. The van der Waals surface area contributed by atoms with E-state index in [1.807, 2.05) is 6.92 Å². The molecule has 0 atom stereocenters. The fraction of sp³-hybridized carbons (Fsp3) is 0.375. The minimum absolute atomic E-state index is 0.295. The molecular weight excluding hydrogens is 184 g/mol. The molecule has 3 amide bonds. The zero-order chi connectivity index (χ0) is 11.0. The first-order chi connectivity index (χ1) is 6.61. The third kappa shape index (κ3) is 4.77. The first kappa shape index (κ1) is 12.0. The molecule has 0 aliphatic carbocycles. The molecule has 14 heavy (non-hydrogen) atoms. The molecule has 6 heteroatoms. The maximum atomic E-state index is 10.9. The summed E-state index contributed by atoms with van der Waals surface area (Å²) in [7, 11) is 0. The van der Waals surface area contributed by atoms with Gasteiger partial charge in [0.15, 0.2) is 0 Å². The molecule has 0 aliphatic heterocycles. The van der Waals surface area contributed by atoms with Gasteiger partial charge in [0.1, 0.15) is 11.6 Å². The minimum Gasteiger partial charge on any atom is -0.365 e. The van der Waals surface area contributed by atoms with Gasteiger partial charge in [-0.3, -0.25) is 4.79 Å². The molecule has 0 aromatic rings. The minimum atomic E-state index is -0.872. The van der Waals surface area contributed by atoms with Crippen molar-refractivity contribution in [3.8, 4) is 6.07 Å². The highest BCUT2D eigenvalue weighted by atomic mass is 16.2. The molecule has 0 aliphatic rings. The normalized spacial score (nSPS) is 10.1. The SMILES string of the molecule is CCCNC(=O)N/C=C(/C#N)C(N)=O. The van der Waals surface area contributed by atoms with Crippen molar-refractivity contribution in [1.29, 1.82) is 5.26 Å². The molecule has 0 heterocycles. The number of urea groups is 1. The fourth-order valence-electron chi connectivity index (χ4n) is 0.586. The van der Waals surface area contributed by atoms with Gasteiger partial charge in [-0.25, -0.2) is 4.79 Å². The van der Waals surface area contributed by atoms with Crippen molar-refractivity contribution in [2.24, 2.45) is 5.73 Å². The summed E-state index contributed by atoms with van der Waals surface area (Å²) in [6.07, 6.45) is 1.78. The average molecular weight is 196 g/mol. The van der Waals surface area contributed by atoms with Crippen molar-refractivity contribution in [2.75, 3.05) is 6.54 Å². The first-order valence-corrected chi connectivity index (χ1v) is 4.06. The summed E-state index contributed by atoms with van der Waals surface area (Å²) >= 11 is 0. The Morgan fingerprint density at radius 1 is 1.57 bits per heavy atom. The van der Waals surface area contributed by atoms with Gasteiger partial charge in [-0.05, 0) is 6.42 Å². The number of nitriles is 1. The Morgan fingerprint density at radius 3 is 2.64 bits per heavy atom. The van der Waals surface area contributed by atoms with Gasteiger partial charge in [0.25, 0.3) is 5.91 Å². The van der Waals surface area contributed by atoms with Crippen LogP contribution in [0.2, 0.25) is 0 Å². The molecule has 0 rings (SSSR count). The van der Waals surface area contributed by atoms with Gasteiger partial charge in [0.05, 0.1) is 0 Å². The number of carbonyl (C=O) groups excluding carboxylic acids is 2. The highest BCUT2D eigenvalue weighted by Crippen LogP contribution is 1.86. The van der Waals surface area contributed by atoms with E-state index in [1.54, 1.807) is 6.07 Å². The lowest BCUT2D eigenvalue weighted by Crippen LogP contribution is -2.33. The van der Waals surface area contributed by atoms with Gasteiger partial charge < -0.3 is 16.4 Å². The lowest BCUT2D eigenvalue weighted by Gasteiger charge is -2.01. The largest absolute Gasteiger partial charge is 0.365 e. The van der Waals surface area contributed by atoms with Crippen LogP contribution in [-0.4, -0.2) is 18.5 Å². The Bertz CT molecular complexity index is 290. The van der Waals surface area contributed by atoms with Crippen LogP contribution in [0, 0.1) is 11.3 Å². The Kier molecular flexibility index (Phi) is 5.54.